The Labute approximate surface area is 99.3 Å². The van der Waals surface area contributed by atoms with Crippen LogP contribution in [0.4, 0.5) is 0 Å². The normalized spacial score (nSPS) is 10.1. The number of nitrogens with zero attached hydrogens (tertiary/aromatic N) is 2. The Hall–Kier alpha value is -1.66. The van der Waals surface area contributed by atoms with Gasteiger partial charge in [-0.1, -0.05) is 28.0 Å². The third-order valence-electron chi connectivity index (χ3n) is 1.71. The molecule has 82 valence electrons. The molecule has 1 heterocycles. The average molecular weight is 257 g/mol. The molecule has 7 heteroatoms. The molecule has 0 saturated carbocycles. The van der Waals surface area contributed by atoms with Crippen LogP contribution in [0.3, 0.4) is 0 Å². The number of benzene rings is 1. The van der Waals surface area contributed by atoms with E-state index in [1.807, 2.05) is 0 Å². The molecular weight excluding hydrogens is 252 g/mol. The van der Waals surface area contributed by atoms with Crippen LogP contribution >= 0.6 is 22.9 Å². The fourth-order valence-corrected chi connectivity index (χ4v) is 1.64. The third-order valence-corrected chi connectivity index (χ3v) is 2.51. The van der Waals surface area contributed by atoms with E-state index < -0.39 is 5.97 Å². The number of hydrogen-bond donors (Lipinski definition) is 1. The lowest BCUT2D eigenvalue weighted by molar-refractivity contribution is 0.0694. The van der Waals surface area contributed by atoms with E-state index in [1.165, 1.54) is 23.7 Å². The van der Waals surface area contributed by atoms with Crippen LogP contribution < -0.4 is 4.74 Å². The molecule has 0 aliphatic heterocycles. The molecule has 0 amide bonds. The summed E-state index contributed by atoms with van der Waals surface area (Å²) in [5.41, 5.74) is 1.51. The predicted octanol–water partition coefficient (Wildman–Crippen LogP) is 2.68. The van der Waals surface area contributed by atoms with Crippen molar-refractivity contribution in [2.24, 2.45) is 0 Å². The van der Waals surface area contributed by atoms with Gasteiger partial charge in [0.05, 0.1) is 0 Å². The molecule has 0 radical (unpaired) electrons. The van der Waals surface area contributed by atoms with Crippen molar-refractivity contribution in [2.45, 2.75) is 0 Å². The number of hydrogen-bond acceptors (Lipinski definition) is 5. The zero-order valence-electron chi connectivity index (χ0n) is 7.75. The van der Waals surface area contributed by atoms with Crippen LogP contribution in [0.5, 0.6) is 10.9 Å². The van der Waals surface area contributed by atoms with E-state index in [1.54, 1.807) is 0 Å². The van der Waals surface area contributed by atoms with Crippen LogP contribution in [0.15, 0.2) is 23.7 Å². The van der Waals surface area contributed by atoms with Crippen molar-refractivity contribution in [3.8, 4) is 10.9 Å². The molecule has 2 aromatic rings. The molecular formula is C9H5ClN2O3S. The highest BCUT2D eigenvalue weighted by atomic mass is 35.5. The minimum Gasteiger partial charge on any atom is -0.478 e. The largest absolute Gasteiger partial charge is 0.478 e. The molecule has 1 aromatic carbocycles. The summed E-state index contributed by atoms with van der Waals surface area (Å²) in [6.07, 6.45) is 0. The topological polar surface area (TPSA) is 72.3 Å². The van der Waals surface area contributed by atoms with Gasteiger partial charge >= 0.3 is 5.97 Å². The predicted molar refractivity (Wildman–Crippen MR) is 58.4 cm³/mol. The first kappa shape index (κ1) is 10.8. The van der Waals surface area contributed by atoms with Crippen LogP contribution in [0.1, 0.15) is 10.4 Å². The number of carboxylic acids is 1. The maximum atomic E-state index is 10.9. The molecule has 5 nitrogen and oxygen atoms in total. The van der Waals surface area contributed by atoms with Gasteiger partial charge in [-0.25, -0.2) is 4.79 Å². The van der Waals surface area contributed by atoms with Crippen molar-refractivity contribution in [3.05, 3.63) is 34.3 Å². The van der Waals surface area contributed by atoms with Gasteiger partial charge in [0.25, 0.3) is 5.19 Å². The Morgan fingerprint density at radius 2 is 2.31 bits per heavy atom. The zero-order chi connectivity index (χ0) is 11.5. The summed E-state index contributed by atoms with van der Waals surface area (Å²) in [7, 11) is 0. The van der Waals surface area contributed by atoms with E-state index in [9.17, 15) is 4.79 Å². The molecule has 0 aliphatic carbocycles. The zero-order valence-corrected chi connectivity index (χ0v) is 9.33. The third kappa shape index (κ3) is 2.29. The monoisotopic (exact) mass is 256 g/mol. The van der Waals surface area contributed by atoms with Gasteiger partial charge in [-0.15, -0.1) is 5.10 Å². The molecule has 0 aliphatic rings. The van der Waals surface area contributed by atoms with Crippen molar-refractivity contribution in [1.29, 1.82) is 0 Å². The summed E-state index contributed by atoms with van der Waals surface area (Å²) >= 11 is 6.92. The van der Waals surface area contributed by atoms with E-state index in [2.05, 4.69) is 10.2 Å². The first-order valence-electron chi connectivity index (χ1n) is 4.13. The van der Waals surface area contributed by atoms with Gasteiger partial charge in [-0.2, -0.15) is 0 Å². The first-order chi connectivity index (χ1) is 7.66. The standard InChI is InChI=1S/C9H5ClN2O3S/c10-5-1-2-6(8(13)14)7(3-5)15-9-12-11-4-16-9/h1-4H,(H,13,14). The lowest BCUT2D eigenvalue weighted by Gasteiger charge is -2.05. The van der Waals surface area contributed by atoms with Crippen LogP contribution in [0, 0.1) is 0 Å². The summed E-state index contributed by atoms with van der Waals surface area (Å²) in [6.45, 7) is 0. The van der Waals surface area contributed by atoms with Gasteiger partial charge < -0.3 is 9.84 Å². The number of rotatable bonds is 3. The van der Waals surface area contributed by atoms with Gasteiger partial charge in [-0.05, 0) is 12.1 Å². The number of halogens is 1. The van der Waals surface area contributed by atoms with Crippen molar-refractivity contribution < 1.29 is 14.6 Å². The van der Waals surface area contributed by atoms with Crippen molar-refractivity contribution in [2.75, 3.05) is 0 Å². The molecule has 0 atom stereocenters. The van der Waals surface area contributed by atoms with E-state index in [-0.39, 0.29) is 16.5 Å². The molecule has 0 fully saturated rings. The molecule has 0 unspecified atom stereocenters. The fraction of sp³-hybridized carbons (Fsp3) is 0. The molecule has 16 heavy (non-hydrogen) atoms. The second-order valence-corrected chi connectivity index (χ2v) is 3.98. The van der Waals surface area contributed by atoms with Crippen molar-refractivity contribution >= 4 is 28.9 Å². The van der Waals surface area contributed by atoms with Crippen LogP contribution in [0.25, 0.3) is 0 Å². The molecule has 0 saturated heterocycles. The highest BCUT2D eigenvalue weighted by molar-refractivity contribution is 7.11. The summed E-state index contributed by atoms with van der Waals surface area (Å²) in [4.78, 5) is 10.9. The Balaban J connectivity index is 2.38. The Morgan fingerprint density at radius 1 is 1.50 bits per heavy atom. The Bertz CT molecular complexity index is 515. The molecule has 1 aromatic heterocycles. The van der Waals surface area contributed by atoms with E-state index in [0.29, 0.717) is 5.02 Å². The summed E-state index contributed by atoms with van der Waals surface area (Å²) < 4.78 is 5.27. The summed E-state index contributed by atoms with van der Waals surface area (Å²) in [5, 5.41) is 16.8. The minimum absolute atomic E-state index is 0.0274. The van der Waals surface area contributed by atoms with Crippen molar-refractivity contribution in [1.82, 2.24) is 10.2 Å². The fourth-order valence-electron chi connectivity index (χ4n) is 1.06. The van der Waals surface area contributed by atoms with Gasteiger partial charge in [-0.3, -0.25) is 0 Å². The maximum absolute atomic E-state index is 10.9. The number of aromatic carboxylic acids is 1. The number of carbonyl (C=O) groups is 1. The van der Waals surface area contributed by atoms with Gasteiger partial charge in [0, 0.05) is 11.1 Å². The van der Waals surface area contributed by atoms with Gasteiger partial charge in [0.2, 0.25) is 0 Å². The average Bonchev–Trinajstić information content (AvgIpc) is 2.70. The molecule has 0 spiro atoms. The quantitative estimate of drug-likeness (QED) is 0.914. The van der Waals surface area contributed by atoms with Crippen LogP contribution in [0.2, 0.25) is 5.02 Å². The smallest absolute Gasteiger partial charge is 0.339 e. The highest BCUT2D eigenvalue weighted by Crippen LogP contribution is 2.28. The first-order valence-corrected chi connectivity index (χ1v) is 5.39. The Kier molecular flexibility index (Phi) is 3.02. The second kappa shape index (κ2) is 4.46. The SMILES string of the molecule is O=C(O)c1ccc(Cl)cc1Oc1nncs1. The van der Waals surface area contributed by atoms with E-state index in [0.717, 1.165) is 11.3 Å². The summed E-state index contributed by atoms with van der Waals surface area (Å²) in [6, 6.07) is 4.28. The van der Waals surface area contributed by atoms with Crippen molar-refractivity contribution in [3.63, 3.8) is 0 Å². The minimum atomic E-state index is -1.09. The van der Waals surface area contributed by atoms with E-state index >= 15 is 0 Å². The number of ether oxygens (including phenoxy) is 1. The lowest BCUT2D eigenvalue weighted by atomic mass is 10.2. The van der Waals surface area contributed by atoms with Crippen LogP contribution in [-0.4, -0.2) is 21.3 Å². The second-order valence-electron chi connectivity index (χ2n) is 2.75. The molecule has 0 bridgehead atoms. The molecule has 1 N–H and O–H groups in total. The maximum Gasteiger partial charge on any atom is 0.339 e. The van der Waals surface area contributed by atoms with Gasteiger partial charge in [0.1, 0.15) is 16.8 Å². The van der Waals surface area contributed by atoms with Gasteiger partial charge in [0.15, 0.2) is 0 Å². The lowest BCUT2D eigenvalue weighted by Crippen LogP contribution is -1.99. The van der Waals surface area contributed by atoms with Crippen LogP contribution in [-0.2, 0) is 0 Å². The number of carboxylic acid groups (broad SMARTS) is 1. The Morgan fingerprint density at radius 3 is 2.94 bits per heavy atom. The highest BCUT2D eigenvalue weighted by Gasteiger charge is 2.13. The van der Waals surface area contributed by atoms with E-state index in [4.69, 9.17) is 21.4 Å². The molecule has 2 rings (SSSR count). The summed E-state index contributed by atoms with van der Waals surface area (Å²) in [5.74, 6) is -0.937. The number of aromatic nitrogens is 2.